The van der Waals surface area contributed by atoms with Gasteiger partial charge >= 0.3 is 0 Å². The highest BCUT2D eigenvalue weighted by molar-refractivity contribution is 7.11. The maximum atomic E-state index is 12.3. The van der Waals surface area contributed by atoms with Gasteiger partial charge in [0.05, 0.1) is 15.9 Å². The lowest BCUT2D eigenvalue weighted by atomic mass is 10.1. The molecule has 1 unspecified atom stereocenters. The number of anilines is 1. The number of nitrogen functional groups attached to an aromatic ring is 1. The van der Waals surface area contributed by atoms with E-state index in [1.54, 1.807) is 42.7 Å². The molecule has 1 aromatic carbocycles. The van der Waals surface area contributed by atoms with E-state index in [1.165, 1.54) is 7.05 Å². The Hall–Kier alpha value is -2.74. The quantitative estimate of drug-likeness (QED) is 0.444. The van der Waals surface area contributed by atoms with Crippen LogP contribution in [0.5, 0.6) is 5.75 Å². The lowest BCUT2D eigenvalue weighted by molar-refractivity contribution is -0.118. The third-order valence-corrected chi connectivity index (χ3v) is 4.22. The zero-order chi connectivity index (χ0) is 18.4. The maximum absolute atomic E-state index is 12.3. The maximum Gasteiger partial charge on any atom is 0.270 e. The number of amides is 1. The SMILES string of the molecule is CN=C(C(=O)NC(C)C=O)c1cc(OCc2cnc(C)s2)ccc1N. The van der Waals surface area contributed by atoms with Gasteiger partial charge in [0.1, 0.15) is 24.4 Å². The summed E-state index contributed by atoms with van der Waals surface area (Å²) < 4.78 is 5.75. The summed E-state index contributed by atoms with van der Waals surface area (Å²) in [6.45, 7) is 3.89. The van der Waals surface area contributed by atoms with Crippen molar-refractivity contribution >= 4 is 34.9 Å². The average molecular weight is 360 g/mol. The number of hydrogen-bond acceptors (Lipinski definition) is 7. The number of benzene rings is 1. The Bertz CT molecular complexity index is 801. The molecule has 0 spiro atoms. The number of aldehydes is 1. The van der Waals surface area contributed by atoms with Gasteiger partial charge in [0.15, 0.2) is 0 Å². The molecule has 1 aromatic heterocycles. The molecule has 0 saturated carbocycles. The van der Waals surface area contributed by atoms with Gasteiger partial charge in [-0.15, -0.1) is 11.3 Å². The normalized spacial score (nSPS) is 12.5. The minimum atomic E-state index is -0.612. The second-order valence-corrected chi connectivity index (χ2v) is 6.67. The van der Waals surface area contributed by atoms with Crippen LogP contribution < -0.4 is 15.8 Å². The largest absolute Gasteiger partial charge is 0.488 e. The minimum absolute atomic E-state index is 0.144. The Balaban J connectivity index is 2.18. The van der Waals surface area contributed by atoms with Crippen LogP contribution in [0.1, 0.15) is 22.4 Å². The Labute approximate surface area is 149 Å². The van der Waals surface area contributed by atoms with Crippen molar-refractivity contribution in [2.75, 3.05) is 12.8 Å². The predicted octanol–water partition coefficient (Wildman–Crippen LogP) is 1.74. The van der Waals surface area contributed by atoms with E-state index in [0.717, 1.165) is 9.88 Å². The summed E-state index contributed by atoms with van der Waals surface area (Å²) in [5.41, 5.74) is 6.98. The Morgan fingerprint density at radius 3 is 2.88 bits per heavy atom. The highest BCUT2D eigenvalue weighted by atomic mass is 32.1. The van der Waals surface area contributed by atoms with Gasteiger partial charge in [-0.1, -0.05) is 0 Å². The number of rotatable bonds is 7. The van der Waals surface area contributed by atoms with Crippen molar-refractivity contribution in [3.05, 3.63) is 39.8 Å². The summed E-state index contributed by atoms with van der Waals surface area (Å²) in [4.78, 5) is 32.2. The summed E-state index contributed by atoms with van der Waals surface area (Å²) in [6, 6.07) is 4.44. The van der Waals surface area contributed by atoms with E-state index in [4.69, 9.17) is 10.5 Å². The summed E-state index contributed by atoms with van der Waals surface area (Å²) >= 11 is 1.56. The van der Waals surface area contributed by atoms with Crippen molar-refractivity contribution < 1.29 is 14.3 Å². The van der Waals surface area contributed by atoms with Gasteiger partial charge in [-0.05, 0) is 32.0 Å². The molecule has 0 fully saturated rings. The Morgan fingerprint density at radius 1 is 1.52 bits per heavy atom. The first-order valence-electron chi connectivity index (χ1n) is 7.61. The van der Waals surface area contributed by atoms with E-state index in [1.807, 2.05) is 6.92 Å². The second kappa shape index (κ2) is 8.39. The topological polar surface area (TPSA) is 107 Å². The number of aromatic nitrogens is 1. The zero-order valence-corrected chi connectivity index (χ0v) is 15.1. The highest BCUT2D eigenvalue weighted by Gasteiger charge is 2.18. The van der Waals surface area contributed by atoms with Gasteiger partial charge in [0.25, 0.3) is 5.91 Å². The number of ether oxygens (including phenoxy) is 1. The molecule has 1 heterocycles. The number of hydrogen-bond donors (Lipinski definition) is 2. The molecule has 0 saturated heterocycles. The van der Waals surface area contributed by atoms with Gasteiger partial charge in [-0.25, -0.2) is 4.98 Å². The Morgan fingerprint density at radius 2 is 2.28 bits per heavy atom. The van der Waals surface area contributed by atoms with Crippen molar-refractivity contribution in [1.29, 1.82) is 0 Å². The van der Waals surface area contributed by atoms with Crippen molar-refractivity contribution in [1.82, 2.24) is 10.3 Å². The standard InChI is InChI=1S/C17H20N4O3S/c1-10(8-22)21-17(23)16(19-3)14-6-12(4-5-15(14)18)24-9-13-7-20-11(2)25-13/h4-8,10H,9,18H2,1-3H3,(H,21,23). The smallest absolute Gasteiger partial charge is 0.270 e. The van der Waals surface area contributed by atoms with Gasteiger partial charge in [-0.3, -0.25) is 9.79 Å². The van der Waals surface area contributed by atoms with Crippen LogP contribution in [0.15, 0.2) is 29.4 Å². The van der Waals surface area contributed by atoms with E-state index in [-0.39, 0.29) is 5.71 Å². The molecule has 0 radical (unpaired) electrons. The average Bonchev–Trinajstić information content (AvgIpc) is 3.01. The molecule has 132 valence electrons. The summed E-state index contributed by atoms with van der Waals surface area (Å²) in [5.74, 6) is 0.0941. The van der Waals surface area contributed by atoms with Crippen LogP contribution in [0.4, 0.5) is 5.69 Å². The molecule has 7 nitrogen and oxygen atoms in total. The molecule has 0 aliphatic rings. The molecule has 3 N–H and O–H groups in total. The van der Waals surface area contributed by atoms with Crippen LogP contribution in [-0.2, 0) is 16.2 Å². The molecule has 1 atom stereocenters. The number of nitrogens with one attached hydrogen (secondary N) is 1. The third-order valence-electron chi connectivity index (χ3n) is 3.33. The lowest BCUT2D eigenvalue weighted by Gasteiger charge is -2.13. The summed E-state index contributed by atoms with van der Waals surface area (Å²) in [6.07, 6.45) is 2.41. The van der Waals surface area contributed by atoms with Gasteiger partial charge < -0.3 is 20.6 Å². The van der Waals surface area contributed by atoms with E-state index >= 15 is 0 Å². The fraction of sp³-hybridized carbons (Fsp3) is 0.294. The van der Waals surface area contributed by atoms with Crippen molar-refractivity contribution in [2.45, 2.75) is 26.5 Å². The zero-order valence-electron chi connectivity index (χ0n) is 14.3. The molecule has 0 aliphatic heterocycles. The Kier molecular flexibility index (Phi) is 6.24. The van der Waals surface area contributed by atoms with Crippen molar-refractivity contribution in [3.63, 3.8) is 0 Å². The first kappa shape index (κ1) is 18.6. The molecule has 25 heavy (non-hydrogen) atoms. The van der Waals surface area contributed by atoms with E-state index in [2.05, 4.69) is 15.3 Å². The molecule has 2 rings (SSSR count). The van der Waals surface area contributed by atoms with Crippen LogP contribution in [0, 0.1) is 6.92 Å². The second-order valence-electron chi connectivity index (χ2n) is 5.35. The van der Waals surface area contributed by atoms with Crippen LogP contribution in [-0.4, -0.2) is 36.0 Å². The number of nitrogens with zero attached hydrogens (tertiary/aromatic N) is 2. The van der Waals surface area contributed by atoms with Gasteiger partial charge in [0.2, 0.25) is 0 Å². The third kappa shape index (κ3) is 4.87. The first-order valence-corrected chi connectivity index (χ1v) is 8.43. The van der Waals surface area contributed by atoms with Crippen LogP contribution in [0.2, 0.25) is 0 Å². The number of nitrogens with two attached hydrogens (primary N) is 1. The molecular weight excluding hydrogens is 340 g/mol. The van der Waals surface area contributed by atoms with Gasteiger partial charge in [0, 0.05) is 24.5 Å². The fourth-order valence-corrected chi connectivity index (χ4v) is 2.82. The summed E-state index contributed by atoms with van der Waals surface area (Å²) in [5, 5.41) is 3.52. The first-order chi connectivity index (χ1) is 11.9. The van der Waals surface area contributed by atoms with Crippen LogP contribution in [0.3, 0.4) is 0 Å². The lowest BCUT2D eigenvalue weighted by Crippen LogP contribution is -2.39. The van der Waals surface area contributed by atoms with E-state index in [0.29, 0.717) is 29.9 Å². The van der Waals surface area contributed by atoms with Crippen LogP contribution >= 0.6 is 11.3 Å². The monoisotopic (exact) mass is 360 g/mol. The molecule has 8 heteroatoms. The molecule has 0 aliphatic carbocycles. The highest BCUT2D eigenvalue weighted by Crippen LogP contribution is 2.23. The van der Waals surface area contributed by atoms with Crippen molar-refractivity contribution in [3.8, 4) is 5.75 Å². The molecule has 2 aromatic rings. The molecular formula is C17H20N4O3S. The van der Waals surface area contributed by atoms with E-state index in [9.17, 15) is 9.59 Å². The number of thiazole rings is 1. The number of carbonyl (C=O) groups excluding carboxylic acids is 2. The van der Waals surface area contributed by atoms with E-state index < -0.39 is 11.9 Å². The number of aliphatic imine (C=N–C) groups is 1. The summed E-state index contributed by atoms with van der Waals surface area (Å²) in [7, 11) is 1.49. The van der Waals surface area contributed by atoms with Gasteiger partial charge in [-0.2, -0.15) is 0 Å². The van der Waals surface area contributed by atoms with Crippen molar-refractivity contribution in [2.24, 2.45) is 4.99 Å². The molecule has 1 amide bonds. The van der Waals surface area contributed by atoms with Crippen LogP contribution in [0.25, 0.3) is 0 Å². The fourth-order valence-electron chi connectivity index (χ4n) is 2.11. The predicted molar refractivity (Wildman–Crippen MR) is 98.2 cm³/mol. The minimum Gasteiger partial charge on any atom is -0.488 e. The number of carbonyl (C=O) groups is 2. The number of aryl methyl sites for hydroxylation is 1. The molecule has 0 bridgehead atoms.